The maximum atomic E-state index is 9.88. The molecule has 3 nitrogen and oxygen atoms in total. The van der Waals surface area contributed by atoms with Gasteiger partial charge in [0.05, 0.1) is 18.2 Å². The molecule has 0 saturated carbocycles. The zero-order valence-electron chi connectivity index (χ0n) is 56.8. The van der Waals surface area contributed by atoms with Gasteiger partial charge >= 0.3 is 0 Å². The Morgan fingerprint density at radius 2 is 0.952 bits per heavy atom. The molecule has 2 aliphatic heterocycles. The van der Waals surface area contributed by atoms with Crippen LogP contribution < -0.4 is 30.4 Å². The highest BCUT2D eigenvalue weighted by molar-refractivity contribution is 7.33. The molecule has 5 heteroatoms. The van der Waals surface area contributed by atoms with E-state index < -0.39 is 6.04 Å². The molecule has 0 atom stereocenters. The van der Waals surface area contributed by atoms with Crippen molar-refractivity contribution in [3.8, 4) is 11.1 Å². The first-order valence-electron chi connectivity index (χ1n) is 33.2. The van der Waals surface area contributed by atoms with Crippen LogP contribution in [0.15, 0.2) is 164 Å². The first-order valence-corrected chi connectivity index (χ1v) is 31.5. The molecular weight excluding hydrogens is 1020 g/mol. The van der Waals surface area contributed by atoms with Crippen molar-refractivity contribution in [3.05, 3.63) is 203 Å². The van der Waals surface area contributed by atoms with Gasteiger partial charge in [0.1, 0.15) is 0 Å². The lowest BCUT2D eigenvalue weighted by Gasteiger charge is -2.48. The second-order valence-corrected chi connectivity index (χ2v) is 31.3. The summed E-state index contributed by atoms with van der Waals surface area (Å²) in [6.45, 7) is 35.8. The quantitative estimate of drug-likeness (QED) is 0.154. The summed E-state index contributed by atoms with van der Waals surface area (Å²) < 4.78 is 49.8. The molecule has 0 fully saturated rings. The van der Waals surface area contributed by atoms with Crippen LogP contribution in [0, 0.1) is 0 Å². The lowest BCUT2D eigenvalue weighted by Crippen LogP contribution is -2.61. The maximum absolute atomic E-state index is 9.88. The number of rotatable bonds is 6. The van der Waals surface area contributed by atoms with Crippen LogP contribution in [-0.4, -0.2) is 6.71 Å². The molecule has 1 aromatic heterocycles. The van der Waals surface area contributed by atoms with Crippen LogP contribution >= 0.6 is 11.3 Å². The van der Waals surface area contributed by atoms with Crippen LogP contribution in [0.3, 0.4) is 0 Å². The number of hydrogen-bond acceptors (Lipinski definition) is 4. The number of fused-ring (bicyclic) bond motifs is 9. The molecule has 420 valence electrons. The lowest BCUT2D eigenvalue weighted by atomic mass is 9.35. The van der Waals surface area contributed by atoms with E-state index in [0.29, 0.717) is 11.4 Å². The van der Waals surface area contributed by atoms with E-state index in [1.807, 2.05) is 34.4 Å². The number of nitrogens with zero attached hydrogens (tertiary/aromatic N) is 3. The summed E-state index contributed by atoms with van der Waals surface area (Å²) in [4.78, 5) is 7.11. The van der Waals surface area contributed by atoms with Gasteiger partial charge in [-0.25, -0.2) is 0 Å². The molecule has 5 aliphatic rings. The monoisotopic (exact) mass is 1110 g/mol. The van der Waals surface area contributed by atoms with Gasteiger partial charge in [0, 0.05) is 54.7 Å². The van der Waals surface area contributed by atoms with Crippen molar-refractivity contribution in [3.63, 3.8) is 0 Å². The Balaban J connectivity index is 1.17. The van der Waals surface area contributed by atoms with Gasteiger partial charge in [-0.15, -0.1) is 11.3 Å². The maximum Gasteiger partial charge on any atom is 0.264 e. The average molecular weight is 1110 g/mol. The molecule has 8 aromatic carbocycles. The summed E-state index contributed by atoms with van der Waals surface area (Å²) in [6.07, 6.45) is 6.50. The summed E-state index contributed by atoms with van der Waals surface area (Å²) in [5, 5.41) is 1.20. The van der Waals surface area contributed by atoms with E-state index in [1.165, 1.54) is 70.4 Å². The minimum absolute atomic E-state index is 0.00781. The largest absolute Gasteiger partial charge is 0.311 e. The summed E-state index contributed by atoms with van der Waals surface area (Å²) in [5.41, 5.74) is 21.7. The molecular formula is C78H84BN3S. The lowest BCUT2D eigenvalue weighted by molar-refractivity contribution is 0.332. The summed E-state index contributed by atoms with van der Waals surface area (Å²) in [7, 11) is 0. The second-order valence-electron chi connectivity index (χ2n) is 30.2. The molecule has 0 radical (unpaired) electrons. The van der Waals surface area contributed by atoms with Crippen LogP contribution in [0.25, 0.3) is 21.2 Å². The molecule has 0 saturated heterocycles. The zero-order valence-corrected chi connectivity index (χ0v) is 52.6. The van der Waals surface area contributed by atoms with Gasteiger partial charge in [-0.3, -0.25) is 0 Å². The Kier molecular flexibility index (Phi) is 10.7. The van der Waals surface area contributed by atoms with E-state index in [2.05, 4.69) is 229 Å². The summed E-state index contributed by atoms with van der Waals surface area (Å²) in [6, 6.07) is 48.5. The van der Waals surface area contributed by atoms with Crippen molar-refractivity contribution in [1.29, 1.82) is 0 Å². The molecule has 0 amide bonds. The first kappa shape index (κ1) is 48.5. The predicted octanol–water partition coefficient (Wildman–Crippen LogP) is 20.5. The number of benzene rings is 8. The van der Waals surface area contributed by atoms with Gasteiger partial charge in [-0.1, -0.05) is 195 Å². The summed E-state index contributed by atoms with van der Waals surface area (Å²) in [5.74, 6) is 0. The van der Waals surface area contributed by atoms with Crippen molar-refractivity contribution in [2.75, 3.05) is 14.7 Å². The second kappa shape index (κ2) is 18.3. The standard InChI is InChI=1S/C78H84BN3S/c1-72(2,3)51-28-33-57-68(42-51)83-71-70(57)82(55-32-35-59-61(44-55)76(10,11)39-37-74(59,6)7)67-46-56(80(52-24-20-17-21-25-52)53-29-26-50(27-30-53)49-22-18-16-19-23-49)45-66-69(67)79(71)64-47-62-63(78(14,15)41-40-77(62,12)13)48-65(64)81(66)54-31-34-58-60(43-54)75(8,9)38-36-73(58,4)5/h16-35,42-48H,36-41H2,1-15H3/i17D,20D,21D,24D,25D. The van der Waals surface area contributed by atoms with Gasteiger partial charge in [0.2, 0.25) is 0 Å². The number of thiophene rings is 1. The number of hydrogen-bond donors (Lipinski definition) is 0. The molecule has 14 rings (SSSR count). The highest BCUT2D eigenvalue weighted by atomic mass is 32.1. The fraction of sp³-hybridized carbons (Fsp3) is 0.359. The van der Waals surface area contributed by atoms with E-state index >= 15 is 0 Å². The van der Waals surface area contributed by atoms with Gasteiger partial charge in [-0.2, -0.15) is 0 Å². The number of para-hydroxylation sites is 1. The fourth-order valence-corrected chi connectivity index (χ4v) is 16.7. The first-order chi connectivity index (χ1) is 41.3. The molecule has 9 aromatic rings. The Morgan fingerprint density at radius 1 is 0.458 bits per heavy atom. The van der Waals surface area contributed by atoms with Gasteiger partial charge in [0.15, 0.2) is 0 Å². The van der Waals surface area contributed by atoms with Crippen LogP contribution in [0.2, 0.25) is 0 Å². The Morgan fingerprint density at radius 3 is 1.51 bits per heavy atom. The van der Waals surface area contributed by atoms with Crippen LogP contribution in [0.4, 0.5) is 51.2 Å². The van der Waals surface area contributed by atoms with E-state index in [0.717, 1.165) is 78.1 Å². The van der Waals surface area contributed by atoms with E-state index in [-0.39, 0.29) is 74.5 Å². The Hall–Kier alpha value is -6.82. The normalized spacial score (nSPS) is 19.8. The van der Waals surface area contributed by atoms with Crippen molar-refractivity contribution in [2.45, 2.75) is 180 Å². The molecule has 3 aliphatic carbocycles. The third-order valence-corrected chi connectivity index (χ3v) is 22.1. The molecule has 0 bridgehead atoms. The minimum atomic E-state index is -0.423. The zero-order chi connectivity index (χ0) is 62.5. The molecule has 3 heterocycles. The SMILES string of the molecule is [2H]c1c([2H])c([2H])c(N(c2ccc(-c3ccccc3)cc2)c2cc3c4c(c2)N(c2ccc5c(c2)C(C)(C)CCC5(C)C)c2c(sc5cc(C(C)(C)C)ccc25)B4c2cc4c(cc2N3c2ccc3c(c2)C(C)(C)CCC3(C)C)C(C)(C)CCC4(C)C)c([2H])c1[2H]. The third-order valence-electron chi connectivity index (χ3n) is 20.9. The van der Waals surface area contributed by atoms with Crippen LogP contribution in [0.5, 0.6) is 0 Å². The van der Waals surface area contributed by atoms with Crippen LogP contribution in [-0.2, 0) is 37.9 Å². The van der Waals surface area contributed by atoms with Crippen molar-refractivity contribution in [2.24, 2.45) is 0 Å². The smallest absolute Gasteiger partial charge is 0.264 e. The topological polar surface area (TPSA) is 9.72 Å². The number of anilines is 9. The molecule has 83 heavy (non-hydrogen) atoms. The van der Waals surface area contributed by atoms with Crippen LogP contribution in [0.1, 0.15) is 188 Å². The van der Waals surface area contributed by atoms with Crippen molar-refractivity contribution >= 4 is 95.0 Å². The minimum Gasteiger partial charge on any atom is -0.311 e. The van der Waals surface area contributed by atoms with Gasteiger partial charge < -0.3 is 14.7 Å². The average Bonchev–Trinajstić information content (AvgIpc) is 1.34. The van der Waals surface area contributed by atoms with E-state index in [9.17, 15) is 5.48 Å². The highest BCUT2D eigenvalue weighted by Gasteiger charge is 2.49. The molecule has 0 unspecified atom stereocenters. The van der Waals surface area contributed by atoms with E-state index in [1.54, 1.807) is 0 Å². The van der Waals surface area contributed by atoms with Crippen molar-refractivity contribution < 1.29 is 6.85 Å². The molecule has 0 N–H and O–H groups in total. The Labute approximate surface area is 507 Å². The molecule has 0 spiro atoms. The van der Waals surface area contributed by atoms with Crippen molar-refractivity contribution in [1.82, 2.24) is 0 Å². The fourth-order valence-electron chi connectivity index (χ4n) is 15.3. The Bertz CT molecular complexity index is 4380. The highest BCUT2D eigenvalue weighted by Crippen LogP contribution is 2.56. The summed E-state index contributed by atoms with van der Waals surface area (Å²) >= 11 is 1.94. The van der Waals surface area contributed by atoms with Gasteiger partial charge in [-0.05, 0) is 210 Å². The predicted molar refractivity (Wildman–Crippen MR) is 361 cm³/mol. The van der Waals surface area contributed by atoms with Gasteiger partial charge in [0.25, 0.3) is 6.71 Å². The van der Waals surface area contributed by atoms with E-state index in [4.69, 9.17) is 1.37 Å². The third kappa shape index (κ3) is 8.54.